The monoisotopic (exact) mass is 401 g/mol. The van der Waals surface area contributed by atoms with Crippen LogP contribution in [0, 0.1) is 12.3 Å². The van der Waals surface area contributed by atoms with Crippen LogP contribution in [-0.4, -0.2) is 53.8 Å². The summed E-state index contributed by atoms with van der Waals surface area (Å²) in [5, 5.41) is 9.78. The van der Waals surface area contributed by atoms with Crippen LogP contribution in [0.1, 0.15) is 50.5 Å². The fraction of sp³-hybridized carbons (Fsp3) is 0.636. The molecule has 1 spiro atoms. The molecule has 1 saturated carbocycles. The second kappa shape index (κ2) is 7.86. The number of carbonyl (C=O) groups excluding carboxylic acids is 2. The van der Waals surface area contributed by atoms with Crippen molar-refractivity contribution in [2.75, 3.05) is 24.5 Å². The number of aryl methyl sites for hydroxylation is 1. The van der Waals surface area contributed by atoms with E-state index < -0.39 is 6.09 Å². The van der Waals surface area contributed by atoms with E-state index in [0.717, 1.165) is 75.8 Å². The molecule has 1 aliphatic carbocycles. The molecule has 29 heavy (non-hydrogen) atoms. The van der Waals surface area contributed by atoms with Crippen molar-refractivity contribution < 1.29 is 19.4 Å². The second-order valence-corrected chi connectivity index (χ2v) is 8.89. The molecule has 7 nitrogen and oxygen atoms in total. The zero-order valence-corrected chi connectivity index (χ0v) is 17.1. The van der Waals surface area contributed by atoms with Gasteiger partial charge in [-0.15, -0.1) is 0 Å². The highest BCUT2D eigenvalue weighted by atomic mass is 16.5. The minimum atomic E-state index is -0.815. The number of nitrogens with zero attached hydrogens (tertiary/aromatic N) is 2. The van der Waals surface area contributed by atoms with Gasteiger partial charge in [0.15, 0.2) is 0 Å². The van der Waals surface area contributed by atoms with Crippen LogP contribution in [-0.2, 0) is 4.79 Å². The normalized spacial score (nSPS) is 30.1. The lowest BCUT2D eigenvalue weighted by Gasteiger charge is -2.41. The van der Waals surface area contributed by atoms with E-state index in [9.17, 15) is 14.7 Å². The van der Waals surface area contributed by atoms with Crippen molar-refractivity contribution in [3.8, 4) is 5.75 Å². The van der Waals surface area contributed by atoms with E-state index in [2.05, 4.69) is 9.80 Å². The largest absolute Gasteiger partial charge is 0.410 e. The summed E-state index contributed by atoms with van der Waals surface area (Å²) < 4.78 is 5.03. The van der Waals surface area contributed by atoms with Crippen molar-refractivity contribution in [2.45, 2.75) is 64.0 Å². The molecule has 2 saturated heterocycles. The lowest BCUT2D eigenvalue weighted by molar-refractivity contribution is -0.139. The Morgan fingerprint density at radius 1 is 1.21 bits per heavy atom. The number of amides is 2. The van der Waals surface area contributed by atoms with Gasteiger partial charge < -0.3 is 25.4 Å². The maximum absolute atomic E-state index is 13.4. The predicted octanol–water partition coefficient (Wildman–Crippen LogP) is 2.57. The molecule has 3 N–H and O–H groups in total. The molecule has 3 fully saturated rings. The van der Waals surface area contributed by atoms with Crippen molar-refractivity contribution in [1.29, 1.82) is 0 Å². The summed E-state index contributed by atoms with van der Waals surface area (Å²) in [6.07, 6.45) is 5.23. The third kappa shape index (κ3) is 3.92. The van der Waals surface area contributed by atoms with E-state index >= 15 is 0 Å². The third-order valence-corrected chi connectivity index (χ3v) is 6.96. The number of rotatable bonds is 3. The number of ether oxygens (including phenoxy) is 1. The van der Waals surface area contributed by atoms with Crippen LogP contribution in [0.4, 0.5) is 10.5 Å². The topological polar surface area (TPSA) is 96.1 Å². The summed E-state index contributed by atoms with van der Waals surface area (Å²) in [4.78, 5) is 28.9. The lowest BCUT2D eigenvalue weighted by atomic mass is 9.78. The number of likely N-dealkylation sites (tertiary alicyclic amines) is 1. The number of primary amides is 1. The summed E-state index contributed by atoms with van der Waals surface area (Å²) in [5.41, 5.74) is 6.72. The molecule has 2 heterocycles. The molecule has 0 radical (unpaired) electrons. The number of benzene rings is 1. The van der Waals surface area contributed by atoms with E-state index in [1.807, 2.05) is 19.1 Å². The van der Waals surface area contributed by atoms with Gasteiger partial charge in [-0.25, -0.2) is 4.79 Å². The maximum atomic E-state index is 13.4. The van der Waals surface area contributed by atoms with Gasteiger partial charge in [-0.1, -0.05) is 0 Å². The zero-order valence-electron chi connectivity index (χ0n) is 17.1. The van der Waals surface area contributed by atoms with Crippen molar-refractivity contribution >= 4 is 17.7 Å². The average molecular weight is 402 g/mol. The lowest BCUT2D eigenvalue weighted by Crippen LogP contribution is -2.50. The SMILES string of the molecule is Cc1cc(N2CCCC3(CCN(C4CCC(O)CC4)C3=O)C2)ccc1OC(N)=O. The van der Waals surface area contributed by atoms with Crippen LogP contribution in [0.5, 0.6) is 5.75 Å². The standard InChI is InChI=1S/C22H31N3O4/c1-15-13-17(5-8-19(15)29-21(23)28)24-11-2-9-22(14-24)10-12-25(20(22)27)16-3-6-18(26)7-4-16/h5,8,13,16,18,26H,2-4,6-7,9-12,14H2,1H3,(H2,23,28). The molecule has 4 rings (SSSR count). The van der Waals surface area contributed by atoms with Crippen LogP contribution >= 0.6 is 0 Å². The van der Waals surface area contributed by atoms with Gasteiger partial charge in [-0.3, -0.25) is 4.79 Å². The Morgan fingerprint density at radius 2 is 1.97 bits per heavy atom. The van der Waals surface area contributed by atoms with Gasteiger partial charge in [0, 0.05) is 31.4 Å². The van der Waals surface area contributed by atoms with Crippen molar-refractivity contribution in [3.05, 3.63) is 23.8 Å². The first kappa shape index (κ1) is 20.0. The Kier molecular flexibility index (Phi) is 5.42. The molecule has 7 heteroatoms. The predicted molar refractivity (Wildman–Crippen MR) is 110 cm³/mol. The van der Waals surface area contributed by atoms with Crippen LogP contribution < -0.4 is 15.4 Å². The van der Waals surface area contributed by atoms with E-state index in [0.29, 0.717) is 11.7 Å². The molecular weight excluding hydrogens is 370 g/mol. The quantitative estimate of drug-likeness (QED) is 0.812. The molecule has 1 atom stereocenters. The Balaban J connectivity index is 1.47. The number of hydrogen-bond donors (Lipinski definition) is 2. The molecular formula is C22H31N3O4. The first-order valence-corrected chi connectivity index (χ1v) is 10.7. The summed E-state index contributed by atoms with van der Waals surface area (Å²) in [6, 6.07) is 5.99. The number of piperidine rings is 1. The molecule has 2 aliphatic heterocycles. The van der Waals surface area contributed by atoms with Crippen molar-refractivity contribution in [3.63, 3.8) is 0 Å². The maximum Gasteiger partial charge on any atom is 0.409 e. The molecule has 158 valence electrons. The first-order chi connectivity index (χ1) is 13.9. The van der Waals surface area contributed by atoms with Gasteiger partial charge in [-0.05, 0) is 75.6 Å². The van der Waals surface area contributed by atoms with E-state index in [4.69, 9.17) is 10.5 Å². The second-order valence-electron chi connectivity index (χ2n) is 8.89. The molecule has 3 aliphatic rings. The summed E-state index contributed by atoms with van der Waals surface area (Å²) in [7, 11) is 0. The van der Waals surface area contributed by atoms with E-state index in [1.165, 1.54) is 0 Å². The van der Waals surface area contributed by atoms with E-state index in [-0.39, 0.29) is 17.6 Å². The highest BCUT2D eigenvalue weighted by Crippen LogP contribution is 2.43. The number of aliphatic hydroxyl groups is 1. The molecule has 2 amide bonds. The fourth-order valence-electron chi connectivity index (χ4n) is 5.35. The molecule has 1 aromatic rings. The van der Waals surface area contributed by atoms with Gasteiger partial charge in [0.2, 0.25) is 5.91 Å². The summed E-state index contributed by atoms with van der Waals surface area (Å²) >= 11 is 0. The molecule has 1 unspecified atom stereocenters. The number of aliphatic hydroxyl groups excluding tert-OH is 1. The Morgan fingerprint density at radius 3 is 2.66 bits per heavy atom. The van der Waals surface area contributed by atoms with Crippen LogP contribution in [0.25, 0.3) is 0 Å². The van der Waals surface area contributed by atoms with Crippen molar-refractivity contribution in [1.82, 2.24) is 4.90 Å². The minimum Gasteiger partial charge on any atom is -0.410 e. The number of nitrogens with two attached hydrogens (primary N) is 1. The van der Waals surface area contributed by atoms with Crippen LogP contribution in [0.3, 0.4) is 0 Å². The highest BCUT2D eigenvalue weighted by molar-refractivity contribution is 5.86. The van der Waals surface area contributed by atoms with Gasteiger partial charge in [0.25, 0.3) is 0 Å². The first-order valence-electron chi connectivity index (χ1n) is 10.7. The Bertz CT molecular complexity index is 790. The van der Waals surface area contributed by atoms with Crippen LogP contribution in [0.15, 0.2) is 18.2 Å². The molecule has 0 bridgehead atoms. The highest BCUT2D eigenvalue weighted by Gasteiger charge is 2.50. The summed E-state index contributed by atoms with van der Waals surface area (Å²) in [5.74, 6) is 0.768. The molecule has 1 aromatic carbocycles. The fourth-order valence-corrected chi connectivity index (χ4v) is 5.35. The third-order valence-electron chi connectivity index (χ3n) is 6.96. The smallest absolute Gasteiger partial charge is 0.409 e. The van der Waals surface area contributed by atoms with Gasteiger partial charge in [0.1, 0.15) is 5.75 Å². The van der Waals surface area contributed by atoms with Crippen molar-refractivity contribution in [2.24, 2.45) is 11.1 Å². The minimum absolute atomic E-state index is 0.201. The number of hydrogen-bond acceptors (Lipinski definition) is 5. The van der Waals surface area contributed by atoms with Gasteiger partial charge in [-0.2, -0.15) is 0 Å². The van der Waals surface area contributed by atoms with Gasteiger partial charge in [0.05, 0.1) is 11.5 Å². The van der Waals surface area contributed by atoms with Gasteiger partial charge >= 0.3 is 6.09 Å². The average Bonchev–Trinajstić information content (AvgIpc) is 3.00. The molecule has 0 aromatic heterocycles. The number of carbonyl (C=O) groups is 2. The summed E-state index contributed by atoms with van der Waals surface area (Å²) in [6.45, 7) is 4.37. The van der Waals surface area contributed by atoms with Crippen LogP contribution in [0.2, 0.25) is 0 Å². The number of anilines is 1. The Hall–Kier alpha value is -2.28. The zero-order chi connectivity index (χ0) is 20.6. The Labute approximate surface area is 171 Å². The van der Waals surface area contributed by atoms with E-state index in [1.54, 1.807) is 6.07 Å².